The number of hydrogen-bond donors (Lipinski definition) is 0. The monoisotopic (exact) mass is 482 g/mol. The number of aryl methyl sites for hydroxylation is 2. The van der Waals surface area contributed by atoms with E-state index >= 15 is 0 Å². The Balaban J connectivity index is 0.000000182. The molecule has 0 aromatic heterocycles. The van der Waals surface area contributed by atoms with Gasteiger partial charge in [-0.15, -0.1) is 0 Å². The molecular weight excluding hydrogens is 440 g/mol. The molecule has 0 saturated heterocycles. The molecule has 0 unspecified atom stereocenters. The Bertz CT molecular complexity index is 745. The third-order valence-electron chi connectivity index (χ3n) is 6.19. The van der Waals surface area contributed by atoms with Gasteiger partial charge in [-0.25, -0.2) is 0 Å². The van der Waals surface area contributed by atoms with Crippen molar-refractivity contribution in [2.45, 2.75) is 118 Å². The molecule has 0 N–H and O–H groups in total. The molecule has 0 heterocycles. The predicted molar refractivity (Wildman–Crippen MR) is 131 cm³/mol. The molecule has 0 spiro atoms. The first-order valence-electron chi connectivity index (χ1n) is 12.0. The van der Waals surface area contributed by atoms with Crippen LogP contribution in [0.1, 0.15) is 114 Å². The fourth-order valence-corrected chi connectivity index (χ4v) is 4.81. The summed E-state index contributed by atoms with van der Waals surface area (Å²) in [6.45, 7) is 18.1. The van der Waals surface area contributed by atoms with E-state index in [9.17, 15) is 0 Å². The van der Waals surface area contributed by atoms with Gasteiger partial charge in [0.15, 0.2) is 0 Å². The van der Waals surface area contributed by atoms with Crippen molar-refractivity contribution in [2.75, 3.05) is 0 Å². The summed E-state index contributed by atoms with van der Waals surface area (Å²) in [6.07, 6.45) is 10.8. The van der Waals surface area contributed by atoms with E-state index in [0.29, 0.717) is 10.8 Å². The van der Waals surface area contributed by atoms with E-state index in [4.69, 9.17) is 0 Å². The number of fused-ring (bicyclic) bond motifs is 2. The fourth-order valence-electron chi connectivity index (χ4n) is 4.81. The van der Waals surface area contributed by atoms with Crippen molar-refractivity contribution in [1.29, 1.82) is 0 Å². The van der Waals surface area contributed by atoms with Crippen molar-refractivity contribution in [1.82, 2.24) is 0 Å². The van der Waals surface area contributed by atoms with Gasteiger partial charge >= 0.3 is 41.3 Å². The second-order valence-electron chi connectivity index (χ2n) is 11.4. The summed E-state index contributed by atoms with van der Waals surface area (Å²) in [4.78, 5) is 0. The van der Waals surface area contributed by atoms with Gasteiger partial charge in [-0.1, -0.05) is 104 Å². The molecule has 2 aliphatic carbocycles. The van der Waals surface area contributed by atoms with Crippen LogP contribution in [-0.4, -0.2) is 3.21 Å². The molecular formula is C29H44Zr. The molecule has 2 aromatic carbocycles. The Hall–Kier alpha value is -0.547. The van der Waals surface area contributed by atoms with Gasteiger partial charge in [-0.05, 0) is 0 Å². The van der Waals surface area contributed by atoms with Crippen molar-refractivity contribution in [2.24, 2.45) is 0 Å². The fraction of sp³-hybridized carbons (Fsp3) is 0.621. The van der Waals surface area contributed by atoms with E-state index in [1.54, 1.807) is 57.6 Å². The van der Waals surface area contributed by atoms with Crippen LogP contribution in [0.25, 0.3) is 0 Å². The van der Waals surface area contributed by atoms with Gasteiger partial charge in [0.2, 0.25) is 0 Å². The standard InChI is InChI=1S/2C13H19.C3H6.Zr/c2*1-13(2,3)12-9-8-10-6-4-5-7-11(10)12;1-3-2;/h2*8-9H,4-7H2,1-3H3;1-2H3;/q2*-1;;+2. The second-order valence-corrected chi connectivity index (χ2v) is 13.9. The van der Waals surface area contributed by atoms with Crippen LogP contribution in [0.15, 0.2) is 24.3 Å². The first-order valence-corrected chi connectivity index (χ1v) is 13.2. The normalized spacial score (nSPS) is 15.8. The average molecular weight is 484 g/mol. The Morgan fingerprint density at radius 1 is 0.667 bits per heavy atom. The molecule has 1 heteroatoms. The van der Waals surface area contributed by atoms with Crippen LogP contribution >= 0.6 is 0 Å². The molecule has 0 nitrogen and oxygen atoms in total. The van der Waals surface area contributed by atoms with Gasteiger partial charge in [-0.2, -0.15) is 57.6 Å². The summed E-state index contributed by atoms with van der Waals surface area (Å²) in [5, 5.41) is 0. The van der Waals surface area contributed by atoms with Crippen molar-refractivity contribution >= 4 is 3.21 Å². The van der Waals surface area contributed by atoms with Crippen molar-refractivity contribution in [3.63, 3.8) is 0 Å². The van der Waals surface area contributed by atoms with E-state index in [-0.39, 0.29) is 0 Å². The van der Waals surface area contributed by atoms with E-state index in [2.05, 4.69) is 79.7 Å². The summed E-state index contributed by atoms with van der Waals surface area (Å²) in [5.41, 5.74) is 10.4. The summed E-state index contributed by atoms with van der Waals surface area (Å²) in [6, 6.07) is 9.37. The quantitative estimate of drug-likeness (QED) is 0.334. The van der Waals surface area contributed by atoms with Crippen LogP contribution in [0, 0.1) is 0 Å². The second kappa shape index (κ2) is 10.9. The van der Waals surface area contributed by atoms with Crippen molar-refractivity contribution in [3.8, 4) is 0 Å². The molecule has 2 aromatic rings. The Morgan fingerprint density at radius 3 is 1.27 bits per heavy atom. The van der Waals surface area contributed by atoms with E-state index < -0.39 is 0 Å². The summed E-state index contributed by atoms with van der Waals surface area (Å²) in [5.74, 6) is 0. The van der Waals surface area contributed by atoms with Gasteiger partial charge in [-0.3, -0.25) is 0 Å². The SMILES string of the molecule is CC(C)(C)c1c[cH-]c2c1CCCC2.CC(C)(C)c1c[cH-]c2c1CCCC2.C[C](C)=[Zr+2]. The number of hydrogen-bond acceptors (Lipinski definition) is 0. The van der Waals surface area contributed by atoms with Gasteiger partial charge in [0.25, 0.3) is 0 Å². The molecule has 164 valence electrons. The van der Waals surface area contributed by atoms with Crippen LogP contribution in [0.2, 0.25) is 0 Å². The molecule has 0 fully saturated rings. The molecule has 0 amide bonds. The van der Waals surface area contributed by atoms with Crippen molar-refractivity contribution < 1.29 is 24.2 Å². The zero-order valence-electron chi connectivity index (χ0n) is 21.0. The maximum absolute atomic E-state index is 2.34. The third kappa shape index (κ3) is 7.26. The zero-order chi connectivity index (χ0) is 22.5. The summed E-state index contributed by atoms with van der Waals surface area (Å²) >= 11 is 1.55. The van der Waals surface area contributed by atoms with Crippen LogP contribution in [0.4, 0.5) is 0 Å². The first-order chi connectivity index (χ1) is 13.9. The minimum atomic E-state index is 0.338. The van der Waals surface area contributed by atoms with Crippen LogP contribution in [0.3, 0.4) is 0 Å². The zero-order valence-corrected chi connectivity index (χ0v) is 23.4. The van der Waals surface area contributed by atoms with Gasteiger partial charge in [0.05, 0.1) is 0 Å². The first kappa shape index (κ1) is 25.7. The molecule has 0 saturated carbocycles. The summed E-state index contributed by atoms with van der Waals surface area (Å²) < 4.78 is 1.51. The number of rotatable bonds is 0. The van der Waals surface area contributed by atoms with Crippen LogP contribution < -0.4 is 0 Å². The predicted octanol–water partition coefficient (Wildman–Crippen LogP) is 7.91. The Labute approximate surface area is 201 Å². The third-order valence-corrected chi connectivity index (χ3v) is 6.19. The Kier molecular flexibility index (Phi) is 9.30. The molecule has 30 heavy (non-hydrogen) atoms. The van der Waals surface area contributed by atoms with Gasteiger partial charge in [0.1, 0.15) is 0 Å². The summed E-state index contributed by atoms with van der Waals surface area (Å²) in [7, 11) is 0. The van der Waals surface area contributed by atoms with Gasteiger partial charge in [0, 0.05) is 0 Å². The Morgan fingerprint density at radius 2 is 0.967 bits per heavy atom. The minimum absolute atomic E-state index is 0.338. The molecule has 0 radical (unpaired) electrons. The average Bonchev–Trinajstić information content (AvgIpc) is 3.25. The maximum atomic E-state index is 2.34. The molecule has 2 aliphatic rings. The molecule has 4 rings (SSSR count). The molecule has 0 bridgehead atoms. The van der Waals surface area contributed by atoms with Crippen LogP contribution in [-0.2, 0) is 60.7 Å². The topological polar surface area (TPSA) is 0 Å². The van der Waals surface area contributed by atoms with E-state index in [0.717, 1.165) is 0 Å². The molecule has 0 atom stereocenters. The van der Waals surface area contributed by atoms with Gasteiger partial charge < -0.3 is 0 Å². The molecule has 0 aliphatic heterocycles. The van der Waals surface area contributed by atoms with E-state index in [1.807, 2.05) is 0 Å². The van der Waals surface area contributed by atoms with Crippen LogP contribution in [0.5, 0.6) is 0 Å². The van der Waals surface area contributed by atoms with Crippen molar-refractivity contribution in [3.05, 3.63) is 57.6 Å². The van der Waals surface area contributed by atoms with E-state index in [1.165, 1.54) is 54.6 Å².